The first-order valence-electron chi connectivity index (χ1n) is 6.78. The zero-order chi connectivity index (χ0) is 17.2. The molecule has 0 bridgehead atoms. The van der Waals surface area contributed by atoms with Crippen molar-refractivity contribution in [3.8, 4) is 5.75 Å². The van der Waals surface area contributed by atoms with Crippen LogP contribution in [0.25, 0.3) is 0 Å². The maximum absolute atomic E-state index is 10.1. The summed E-state index contributed by atoms with van der Waals surface area (Å²) >= 11 is 0. The minimum atomic E-state index is -4.61. The van der Waals surface area contributed by atoms with Crippen molar-refractivity contribution in [1.29, 1.82) is 0 Å². The van der Waals surface area contributed by atoms with Crippen LogP contribution in [-0.2, 0) is 10.8 Å². The Morgan fingerprint density at radius 1 is 0.708 bits per heavy atom. The Morgan fingerprint density at radius 2 is 1.00 bits per heavy atom. The fraction of sp³-hybridized carbons (Fsp3) is 0.600. The number of aromatic hydroxyl groups is 1. The van der Waals surface area contributed by atoms with E-state index in [1.54, 1.807) is 0 Å². The second-order valence-corrected chi connectivity index (χ2v) is 8.45. The molecule has 0 radical (unpaired) electrons. The van der Waals surface area contributed by atoms with Gasteiger partial charge >= 0.3 is 122 Å². The molecule has 1 rings (SSSR count). The molecule has 0 aliphatic carbocycles. The van der Waals surface area contributed by atoms with Crippen LogP contribution in [0.4, 0.5) is 0 Å². The van der Waals surface area contributed by atoms with E-state index in [4.69, 9.17) is 19.2 Å². The molecule has 1 aromatic rings. The van der Waals surface area contributed by atoms with Crippen LogP contribution >= 0.6 is 0 Å². The van der Waals surface area contributed by atoms with Crippen molar-refractivity contribution < 1.29 is 24.3 Å². The van der Waals surface area contributed by atoms with Crippen LogP contribution in [0.3, 0.4) is 0 Å². The zero-order valence-corrected chi connectivity index (χ0v) is 14.9. The van der Waals surface area contributed by atoms with Gasteiger partial charge in [0.1, 0.15) is 5.75 Å². The first-order chi connectivity index (χ1) is 9.05. The molecule has 0 heterocycles. The van der Waals surface area contributed by atoms with E-state index in [0.717, 1.165) is 5.56 Å². The van der Waals surface area contributed by atoms with Gasteiger partial charge in [-0.1, -0.05) is 47.6 Å². The van der Waals surface area contributed by atoms with Crippen LogP contribution in [0.5, 0.6) is 5.75 Å². The third-order valence-electron chi connectivity index (χ3n) is 2.89. The Balaban J connectivity index is -0.000000221. The van der Waals surface area contributed by atoms with Gasteiger partial charge in [-0.3, -0.25) is 0 Å². The van der Waals surface area contributed by atoms with Crippen molar-refractivity contribution >= 4 is 122 Å². The summed E-state index contributed by atoms with van der Waals surface area (Å²) in [5, 5.41) is 10.1. The van der Waals surface area contributed by atoms with E-state index in [-0.39, 0.29) is 124 Å². The van der Waals surface area contributed by atoms with Crippen LogP contribution in [0, 0.1) is 6.92 Å². The molecule has 0 saturated heterocycles. The van der Waals surface area contributed by atoms with Crippen LogP contribution in [0.15, 0.2) is 12.1 Å². The fourth-order valence-electron chi connectivity index (χ4n) is 2.42. The second-order valence-electron chi connectivity index (χ2n) is 7.25. The summed E-state index contributed by atoms with van der Waals surface area (Å²) in [7, 11) is -4.61. The van der Waals surface area contributed by atoms with Crippen molar-refractivity contribution in [2.45, 2.75) is 59.3 Å². The van der Waals surface area contributed by atoms with E-state index in [9.17, 15) is 5.11 Å². The van der Waals surface area contributed by atoms with Gasteiger partial charge in [0.15, 0.2) is 0 Å². The summed E-state index contributed by atoms with van der Waals surface area (Å²) in [6.07, 6.45) is 0. The molecule has 0 amide bonds. The number of aryl methyl sites for hydroxylation is 1. The summed E-state index contributed by atoms with van der Waals surface area (Å²) in [6.45, 7) is 15.2. The number of hydrogen-bond acceptors (Lipinski definition) is 5. The molecule has 0 aliphatic heterocycles. The van der Waals surface area contributed by atoms with Crippen LogP contribution in [-0.4, -0.2) is 147 Å². The van der Waals surface area contributed by atoms with Gasteiger partial charge in [0.2, 0.25) is 0 Å². The SMILES string of the molecule is Cc1ccc(O)c(C(C)(C)C)c1C(C)(C)C.O[Si](O)(O)O.[CaH2].[CaH2].[CaH2]. The molecule has 0 aromatic heterocycles. The van der Waals surface area contributed by atoms with Crippen molar-refractivity contribution in [3.05, 3.63) is 28.8 Å². The molecule has 0 fully saturated rings. The van der Waals surface area contributed by atoms with E-state index in [1.165, 1.54) is 11.1 Å². The van der Waals surface area contributed by atoms with Crippen molar-refractivity contribution in [1.82, 2.24) is 0 Å². The number of phenolic OH excluding ortho intramolecular Hbond substituents is 1. The summed E-state index contributed by atoms with van der Waals surface area (Å²) in [5.41, 5.74) is 3.65. The van der Waals surface area contributed by atoms with E-state index < -0.39 is 9.05 Å². The molecule has 0 aliphatic rings. The van der Waals surface area contributed by atoms with Gasteiger partial charge in [0.05, 0.1) is 0 Å². The zero-order valence-electron chi connectivity index (χ0n) is 13.9. The number of phenols is 1. The standard InChI is InChI=1S/C15H24O.3Ca.H4O4Si.6H/c1-10-8-9-11(16)13(15(5,6)7)12(10)14(2,3)4;;;;1-5(2,3)4;;;;;;/h8-9,16H,1-7H3;;;;1-4H;;;;;;. The Kier molecular flexibility index (Phi) is 18.8. The first kappa shape index (κ1) is 34.4. The van der Waals surface area contributed by atoms with Gasteiger partial charge in [-0.05, 0) is 34.9 Å². The fourth-order valence-corrected chi connectivity index (χ4v) is 2.42. The van der Waals surface area contributed by atoms with Gasteiger partial charge in [-0.15, -0.1) is 0 Å². The van der Waals surface area contributed by atoms with Gasteiger partial charge in [-0.2, -0.15) is 0 Å². The van der Waals surface area contributed by atoms with Crippen molar-refractivity contribution in [3.63, 3.8) is 0 Å². The first-order valence-corrected chi connectivity index (χ1v) is 8.57. The predicted molar refractivity (Wildman–Crippen MR) is 111 cm³/mol. The van der Waals surface area contributed by atoms with Crippen LogP contribution < -0.4 is 0 Å². The van der Waals surface area contributed by atoms with Crippen LogP contribution in [0.1, 0.15) is 58.2 Å². The van der Waals surface area contributed by atoms with E-state index in [1.807, 2.05) is 12.1 Å². The monoisotopic (exact) mass is 442 g/mol. The van der Waals surface area contributed by atoms with Crippen molar-refractivity contribution in [2.75, 3.05) is 0 Å². The second kappa shape index (κ2) is 13.1. The number of benzene rings is 1. The normalized spacial score (nSPS) is 11.1. The molecule has 5 N–H and O–H groups in total. The summed E-state index contributed by atoms with van der Waals surface area (Å²) in [4.78, 5) is 29.3. The molecular formula is C15H34Ca3O5Si. The Morgan fingerprint density at radius 3 is 1.21 bits per heavy atom. The molecule has 0 spiro atoms. The number of rotatable bonds is 0. The average molecular weight is 443 g/mol. The van der Waals surface area contributed by atoms with E-state index in [2.05, 4.69) is 48.5 Å². The quantitative estimate of drug-likeness (QED) is 0.330. The third kappa shape index (κ3) is 13.9. The molecule has 0 unspecified atom stereocenters. The molecule has 9 heteroatoms. The molecule has 0 atom stereocenters. The molecule has 134 valence electrons. The molecule has 5 nitrogen and oxygen atoms in total. The summed E-state index contributed by atoms with van der Waals surface area (Å²) in [5.74, 6) is 0.419. The Bertz CT molecular complexity index is 447. The molecule has 1 aromatic carbocycles. The van der Waals surface area contributed by atoms with Crippen molar-refractivity contribution in [2.24, 2.45) is 0 Å². The molecule has 0 saturated carbocycles. The van der Waals surface area contributed by atoms with Gasteiger partial charge in [0, 0.05) is 5.56 Å². The Hall–Kier alpha value is 2.86. The summed E-state index contributed by atoms with van der Waals surface area (Å²) in [6, 6.07) is 3.82. The predicted octanol–water partition coefficient (Wildman–Crippen LogP) is -1.06. The summed E-state index contributed by atoms with van der Waals surface area (Å²) < 4.78 is 0. The number of hydrogen-bond donors (Lipinski definition) is 5. The maximum atomic E-state index is 10.1. The third-order valence-corrected chi connectivity index (χ3v) is 2.89. The Labute approximate surface area is 236 Å². The van der Waals surface area contributed by atoms with Gasteiger partial charge < -0.3 is 24.3 Å². The topological polar surface area (TPSA) is 101 Å². The van der Waals surface area contributed by atoms with E-state index >= 15 is 0 Å². The molecule has 24 heavy (non-hydrogen) atoms. The minimum absolute atomic E-state index is 0. The average Bonchev–Trinajstić information content (AvgIpc) is 2.14. The van der Waals surface area contributed by atoms with Gasteiger partial charge in [0.25, 0.3) is 0 Å². The van der Waals surface area contributed by atoms with E-state index in [0.29, 0.717) is 5.75 Å². The molecular weight excluding hydrogens is 408 g/mol. The van der Waals surface area contributed by atoms with Gasteiger partial charge in [-0.25, -0.2) is 0 Å². The van der Waals surface area contributed by atoms with Crippen LogP contribution in [0.2, 0.25) is 0 Å².